The fraction of sp³-hybridized carbons (Fsp3) is 0. The second-order valence-electron chi connectivity index (χ2n) is 4.47. The monoisotopic (exact) mass is 300 g/mol. The topological polar surface area (TPSA) is 41.5 Å². The lowest BCUT2D eigenvalue weighted by molar-refractivity contribution is -0.115. The summed E-state index contributed by atoms with van der Waals surface area (Å²) in [6.45, 7) is 0. The number of amidine groups is 1. The van der Waals surface area contributed by atoms with Gasteiger partial charge in [-0.3, -0.25) is 4.79 Å². The average molecular weight is 301 g/mol. The molecule has 1 amide bonds. The fourth-order valence-electron chi connectivity index (χ4n) is 1.95. The molecule has 2 aromatic carbocycles. The number of amides is 1. The van der Waals surface area contributed by atoms with Gasteiger partial charge in [0.2, 0.25) is 0 Å². The number of carbonyl (C=O) groups excluding carboxylic acids is 1. The van der Waals surface area contributed by atoms with Gasteiger partial charge in [0.05, 0.1) is 0 Å². The van der Waals surface area contributed by atoms with Crippen LogP contribution in [0.25, 0.3) is 6.08 Å². The summed E-state index contributed by atoms with van der Waals surface area (Å²) in [6.07, 6.45) is 1.42. The summed E-state index contributed by atoms with van der Waals surface area (Å²) in [5.74, 6) is -0.324. The second-order valence-corrected chi connectivity index (χ2v) is 4.91. The van der Waals surface area contributed by atoms with Crippen LogP contribution in [0.2, 0.25) is 5.02 Å². The molecule has 0 unspecified atom stereocenters. The van der Waals surface area contributed by atoms with Crippen molar-refractivity contribution in [2.45, 2.75) is 0 Å². The van der Waals surface area contributed by atoms with E-state index < -0.39 is 5.82 Å². The lowest BCUT2D eigenvalue weighted by Crippen LogP contribution is -2.24. The molecule has 0 aliphatic carbocycles. The fourth-order valence-corrected chi connectivity index (χ4v) is 2.08. The molecule has 2 aromatic rings. The zero-order valence-electron chi connectivity index (χ0n) is 10.8. The summed E-state index contributed by atoms with van der Waals surface area (Å²) in [5, 5.41) is 3.26. The molecular formula is C16H10ClFN2O. The van der Waals surface area contributed by atoms with Crippen molar-refractivity contribution >= 4 is 29.4 Å². The van der Waals surface area contributed by atoms with Crippen LogP contribution in [-0.2, 0) is 4.79 Å². The number of carbonyl (C=O) groups is 1. The van der Waals surface area contributed by atoms with E-state index in [1.165, 1.54) is 12.1 Å². The summed E-state index contributed by atoms with van der Waals surface area (Å²) in [6, 6.07) is 13.2. The summed E-state index contributed by atoms with van der Waals surface area (Å²) in [4.78, 5) is 16.1. The highest BCUT2D eigenvalue weighted by Crippen LogP contribution is 2.18. The summed E-state index contributed by atoms with van der Waals surface area (Å²) in [5.41, 5.74) is 1.23. The Balaban J connectivity index is 1.96. The molecule has 0 radical (unpaired) electrons. The van der Waals surface area contributed by atoms with E-state index in [2.05, 4.69) is 10.3 Å². The Hall–Kier alpha value is -2.46. The standard InChI is InChI=1S/C16H10ClFN2O/c17-12-7-5-10(6-8-12)15-19-14(16(21)20-15)9-11-3-1-2-4-13(11)18/h1-9H,(H,19,20,21)/b14-9-. The van der Waals surface area contributed by atoms with Crippen LogP contribution in [0, 0.1) is 5.82 Å². The minimum atomic E-state index is -0.395. The van der Waals surface area contributed by atoms with Crippen molar-refractivity contribution in [3.05, 3.63) is 76.2 Å². The number of halogens is 2. The first-order valence-electron chi connectivity index (χ1n) is 6.26. The predicted octanol–water partition coefficient (Wildman–Crippen LogP) is 3.40. The highest BCUT2D eigenvalue weighted by Gasteiger charge is 2.21. The van der Waals surface area contributed by atoms with Gasteiger partial charge in [0.1, 0.15) is 17.3 Å². The third kappa shape index (κ3) is 2.85. The second kappa shape index (κ2) is 5.50. The highest BCUT2D eigenvalue weighted by atomic mass is 35.5. The zero-order chi connectivity index (χ0) is 14.8. The summed E-state index contributed by atoms with van der Waals surface area (Å²) in [7, 11) is 0. The van der Waals surface area contributed by atoms with Crippen molar-refractivity contribution in [2.75, 3.05) is 0 Å². The Labute approximate surface area is 125 Å². The van der Waals surface area contributed by atoms with Gasteiger partial charge in [-0.05, 0) is 36.4 Å². The molecule has 0 aromatic heterocycles. The molecule has 21 heavy (non-hydrogen) atoms. The van der Waals surface area contributed by atoms with Gasteiger partial charge in [0.15, 0.2) is 0 Å². The third-order valence-electron chi connectivity index (χ3n) is 3.01. The highest BCUT2D eigenvalue weighted by molar-refractivity contribution is 6.30. The van der Waals surface area contributed by atoms with Gasteiger partial charge >= 0.3 is 0 Å². The largest absolute Gasteiger partial charge is 0.305 e. The molecule has 0 saturated carbocycles. The number of nitrogens with zero attached hydrogens (tertiary/aromatic N) is 1. The van der Waals surface area contributed by atoms with E-state index in [1.54, 1.807) is 42.5 Å². The molecule has 0 fully saturated rings. The Morgan fingerprint density at radius 2 is 1.81 bits per heavy atom. The maximum absolute atomic E-state index is 13.6. The lowest BCUT2D eigenvalue weighted by Gasteiger charge is -1.99. The van der Waals surface area contributed by atoms with Crippen molar-refractivity contribution in [1.82, 2.24) is 5.32 Å². The first-order chi connectivity index (χ1) is 10.1. The van der Waals surface area contributed by atoms with Crippen LogP contribution >= 0.6 is 11.6 Å². The summed E-state index contributed by atoms with van der Waals surface area (Å²) >= 11 is 5.82. The van der Waals surface area contributed by atoms with Crippen LogP contribution < -0.4 is 5.32 Å². The number of aliphatic imine (C=N–C) groups is 1. The Morgan fingerprint density at radius 1 is 1.10 bits per heavy atom. The minimum absolute atomic E-state index is 0.171. The van der Waals surface area contributed by atoms with Crippen molar-refractivity contribution in [3.63, 3.8) is 0 Å². The van der Waals surface area contributed by atoms with Gasteiger partial charge in [-0.25, -0.2) is 9.38 Å². The molecule has 1 N–H and O–H groups in total. The van der Waals surface area contributed by atoms with Crippen LogP contribution in [0.4, 0.5) is 4.39 Å². The van der Waals surface area contributed by atoms with Crippen LogP contribution in [0.15, 0.2) is 59.2 Å². The molecule has 0 spiro atoms. The molecule has 104 valence electrons. The average Bonchev–Trinajstić information content (AvgIpc) is 2.83. The first kappa shape index (κ1) is 13.5. The number of hydrogen-bond acceptors (Lipinski definition) is 2. The molecule has 1 aliphatic rings. The summed E-state index contributed by atoms with van der Waals surface area (Å²) < 4.78 is 13.6. The van der Waals surface area contributed by atoms with E-state index in [1.807, 2.05) is 0 Å². The number of benzene rings is 2. The molecule has 0 bridgehead atoms. The van der Waals surface area contributed by atoms with Crippen LogP contribution in [0.1, 0.15) is 11.1 Å². The molecule has 0 saturated heterocycles. The molecule has 5 heteroatoms. The van der Waals surface area contributed by atoms with E-state index >= 15 is 0 Å². The van der Waals surface area contributed by atoms with Crippen molar-refractivity contribution in [1.29, 1.82) is 0 Å². The normalized spacial score (nSPS) is 16.0. The third-order valence-corrected chi connectivity index (χ3v) is 3.26. The quantitative estimate of drug-likeness (QED) is 0.849. The number of hydrogen-bond donors (Lipinski definition) is 1. The predicted molar refractivity (Wildman–Crippen MR) is 80.5 cm³/mol. The molecule has 3 rings (SSSR count). The molecular weight excluding hydrogens is 291 g/mol. The van der Waals surface area contributed by atoms with Gasteiger partial charge < -0.3 is 5.32 Å². The van der Waals surface area contributed by atoms with Crippen LogP contribution in [0.5, 0.6) is 0 Å². The van der Waals surface area contributed by atoms with Crippen molar-refractivity contribution in [3.8, 4) is 0 Å². The van der Waals surface area contributed by atoms with Gasteiger partial charge in [0, 0.05) is 16.1 Å². The van der Waals surface area contributed by atoms with Gasteiger partial charge in [-0.1, -0.05) is 29.8 Å². The van der Waals surface area contributed by atoms with Gasteiger partial charge in [-0.2, -0.15) is 0 Å². The van der Waals surface area contributed by atoms with Gasteiger partial charge in [0.25, 0.3) is 5.91 Å². The first-order valence-corrected chi connectivity index (χ1v) is 6.63. The maximum Gasteiger partial charge on any atom is 0.275 e. The van der Waals surface area contributed by atoms with E-state index in [0.29, 0.717) is 16.4 Å². The Kier molecular flexibility index (Phi) is 3.54. The van der Waals surface area contributed by atoms with Crippen molar-refractivity contribution in [2.24, 2.45) is 4.99 Å². The Bertz CT molecular complexity index is 766. The lowest BCUT2D eigenvalue weighted by atomic mass is 10.2. The van der Waals surface area contributed by atoms with Gasteiger partial charge in [-0.15, -0.1) is 0 Å². The van der Waals surface area contributed by atoms with E-state index in [9.17, 15) is 9.18 Å². The molecule has 1 aliphatic heterocycles. The number of rotatable bonds is 2. The number of nitrogens with one attached hydrogen (secondary N) is 1. The van der Waals surface area contributed by atoms with E-state index in [0.717, 1.165) is 5.56 Å². The van der Waals surface area contributed by atoms with Crippen LogP contribution in [0.3, 0.4) is 0 Å². The zero-order valence-corrected chi connectivity index (χ0v) is 11.6. The smallest absolute Gasteiger partial charge is 0.275 e. The van der Waals surface area contributed by atoms with E-state index in [4.69, 9.17) is 11.6 Å². The maximum atomic E-state index is 13.6. The Morgan fingerprint density at radius 3 is 2.52 bits per heavy atom. The molecule has 3 nitrogen and oxygen atoms in total. The van der Waals surface area contributed by atoms with Crippen molar-refractivity contribution < 1.29 is 9.18 Å². The molecule has 1 heterocycles. The molecule has 0 atom stereocenters. The minimum Gasteiger partial charge on any atom is -0.305 e. The van der Waals surface area contributed by atoms with Crippen LogP contribution in [-0.4, -0.2) is 11.7 Å². The van der Waals surface area contributed by atoms with E-state index in [-0.39, 0.29) is 11.6 Å². The SMILES string of the molecule is O=C1NC(c2ccc(Cl)cc2)=N/C1=C\c1ccccc1F.